The Labute approximate surface area is 139 Å². The Morgan fingerprint density at radius 2 is 1.83 bits per heavy atom. The van der Waals surface area contributed by atoms with Gasteiger partial charge in [-0.3, -0.25) is 4.79 Å². The highest BCUT2D eigenvalue weighted by atomic mass is 16.5. The molecule has 1 aliphatic rings. The zero-order chi connectivity index (χ0) is 17.1. The van der Waals surface area contributed by atoms with Crippen molar-refractivity contribution in [2.24, 2.45) is 5.92 Å². The van der Waals surface area contributed by atoms with E-state index < -0.39 is 5.97 Å². The van der Waals surface area contributed by atoms with E-state index in [1.807, 2.05) is 24.3 Å². The highest BCUT2D eigenvalue weighted by molar-refractivity contribution is 5.94. The van der Waals surface area contributed by atoms with Gasteiger partial charge in [-0.25, -0.2) is 9.78 Å². The average molecular weight is 326 g/mol. The van der Waals surface area contributed by atoms with Crippen LogP contribution < -0.4 is 10.1 Å². The molecular formula is C18H18N2O4. The van der Waals surface area contributed by atoms with E-state index in [4.69, 9.17) is 9.84 Å². The van der Waals surface area contributed by atoms with Gasteiger partial charge in [-0.05, 0) is 48.6 Å². The smallest absolute Gasteiger partial charge is 0.354 e. The Morgan fingerprint density at radius 3 is 2.42 bits per heavy atom. The number of nitrogens with one attached hydrogen (secondary N) is 1. The van der Waals surface area contributed by atoms with Crippen LogP contribution in [-0.4, -0.2) is 29.1 Å². The van der Waals surface area contributed by atoms with Crippen molar-refractivity contribution >= 4 is 11.9 Å². The third-order valence-electron chi connectivity index (χ3n) is 4.06. The quantitative estimate of drug-likeness (QED) is 0.852. The van der Waals surface area contributed by atoms with Crippen LogP contribution in [0.2, 0.25) is 0 Å². The fourth-order valence-electron chi connectivity index (χ4n) is 2.61. The summed E-state index contributed by atoms with van der Waals surface area (Å²) in [6, 6.07) is 11.9. The number of hydrogen-bond donors (Lipinski definition) is 2. The molecule has 1 heterocycles. The molecule has 0 bridgehead atoms. The van der Waals surface area contributed by atoms with Crippen molar-refractivity contribution in [3.63, 3.8) is 0 Å². The number of carboxylic acids is 1. The molecule has 3 rings (SSSR count). The molecule has 1 unspecified atom stereocenters. The largest absolute Gasteiger partial charge is 0.497 e. The van der Waals surface area contributed by atoms with Crippen LogP contribution in [0.4, 0.5) is 0 Å². The van der Waals surface area contributed by atoms with Crippen LogP contribution in [0.5, 0.6) is 5.75 Å². The number of nitrogens with zero attached hydrogens (tertiary/aromatic N) is 1. The van der Waals surface area contributed by atoms with Crippen molar-refractivity contribution < 1.29 is 19.4 Å². The average Bonchev–Trinajstić information content (AvgIpc) is 3.44. The maximum atomic E-state index is 12.5. The lowest BCUT2D eigenvalue weighted by Gasteiger charge is -2.19. The first-order chi connectivity index (χ1) is 11.6. The van der Waals surface area contributed by atoms with Crippen LogP contribution in [0.3, 0.4) is 0 Å². The summed E-state index contributed by atoms with van der Waals surface area (Å²) in [6.45, 7) is 0. The summed E-state index contributed by atoms with van der Waals surface area (Å²) < 4.78 is 5.16. The second kappa shape index (κ2) is 6.70. The number of rotatable bonds is 6. The molecule has 1 aromatic carbocycles. The predicted octanol–water partition coefficient (Wildman–Crippen LogP) is 2.67. The van der Waals surface area contributed by atoms with Crippen molar-refractivity contribution in [3.05, 3.63) is 59.4 Å². The van der Waals surface area contributed by atoms with Crippen molar-refractivity contribution in [1.82, 2.24) is 10.3 Å². The molecule has 6 heteroatoms. The van der Waals surface area contributed by atoms with E-state index in [0.717, 1.165) is 24.2 Å². The molecule has 124 valence electrons. The summed E-state index contributed by atoms with van der Waals surface area (Å²) in [5.74, 6) is -0.371. The van der Waals surface area contributed by atoms with E-state index in [-0.39, 0.29) is 23.3 Å². The molecule has 1 amide bonds. The Bertz CT molecular complexity index is 754. The fraction of sp³-hybridized carbons (Fsp3) is 0.278. The van der Waals surface area contributed by atoms with Crippen LogP contribution in [0.25, 0.3) is 0 Å². The van der Waals surface area contributed by atoms with Gasteiger partial charge < -0.3 is 15.2 Å². The van der Waals surface area contributed by atoms with Crippen molar-refractivity contribution in [3.8, 4) is 5.75 Å². The van der Waals surface area contributed by atoms with E-state index in [1.165, 1.54) is 18.2 Å². The Morgan fingerprint density at radius 1 is 1.17 bits per heavy atom. The molecule has 0 aliphatic heterocycles. The first-order valence-corrected chi connectivity index (χ1v) is 7.73. The lowest BCUT2D eigenvalue weighted by molar-refractivity contribution is 0.0690. The molecule has 2 aromatic rings. The molecule has 1 aliphatic carbocycles. The van der Waals surface area contributed by atoms with Gasteiger partial charge in [0.05, 0.1) is 13.2 Å². The third kappa shape index (κ3) is 3.53. The van der Waals surface area contributed by atoms with Gasteiger partial charge in [0.25, 0.3) is 5.91 Å². The van der Waals surface area contributed by atoms with Crippen LogP contribution in [0, 0.1) is 5.92 Å². The third-order valence-corrected chi connectivity index (χ3v) is 4.06. The topological polar surface area (TPSA) is 88.5 Å². The number of carbonyl (C=O) groups is 2. The second-order valence-electron chi connectivity index (χ2n) is 5.77. The molecule has 0 spiro atoms. The molecule has 24 heavy (non-hydrogen) atoms. The number of amides is 1. The number of hydrogen-bond acceptors (Lipinski definition) is 4. The van der Waals surface area contributed by atoms with Crippen molar-refractivity contribution in [2.75, 3.05) is 7.11 Å². The summed E-state index contributed by atoms with van der Waals surface area (Å²) in [5, 5.41) is 12.0. The SMILES string of the molecule is COc1ccc(C(NC(=O)c2cccc(C(=O)O)n2)C2CC2)cc1. The molecule has 6 nitrogen and oxygen atoms in total. The molecule has 1 saturated carbocycles. The number of carbonyl (C=O) groups excluding carboxylic acids is 1. The monoisotopic (exact) mass is 326 g/mol. The van der Waals surface area contributed by atoms with Crippen LogP contribution in [0.1, 0.15) is 45.4 Å². The van der Waals surface area contributed by atoms with E-state index in [9.17, 15) is 9.59 Å². The zero-order valence-corrected chi connectivity index (χ0v) is 13.2. The summed E-state index contributed by atoms with van der Waals surface area (Å²) in [6.07, 6.45) is 2.11. The van der Waals surface area contributed by atoms with Crippen LogP contribution in [0.15, 0.2) is 42.5 Å². The van der Waals surface area contributed by atoms with Gasteiger partial charge in [0, 0.05) is 0 Å². The maximum Gasteiger partial charge on any atom is 0.354 e. The second-order valence-corrected chi connectivity index (χ2v) is 5.77. The predicted molar refractivity (Wildman–Crippen MR) is 87.1 cm³/mol. The van der Waals surface area contributed by atoms with E-state index >= 15 is 0 Å². The van der Waals surface area contributed by atoms with Gasteiger partial charge in [0.1, 0.15) is 17.1 Å². The fourth-order valence-corrected chi connectivity index (χ4v) is 2.61. The number of aromatic carboxylic acids is 1. The number of ether oxygens (including phenoxy) is 1. The summed E-state index contributed by atoms with van der Waals surface area (Å²) >= 11 is 0. The first-order valence-electron chi connectivity index (χ1n) is 7.73. The van der Waals surface area contributed by atoms with E-state index in [2.05, 4.69) is 10.3 Å². The van der Waals surface area contributed by atoms with E-state index in [1.54, 1.807) is 7.11 Å². The molecule has 1 atom stereocenters. The number of methoxy groups -OCH3 is 1. The molecule has 1 aromatic heterocycles. The first kappa shape index (κ1) is 16.0. The van der Waals surface area contributed by atoms with Gasteiger partial charge >= 0.3 is 5.97 Å². The number of aromatic nitrogens is 1. The molecule has 0 saturated heterocycles. The minimum Gasteiger partial charge on any atom is -0.497 e. The lowest BCUT2D eigenvalue weighted by Crippen LogP contribution is -2.30. The Balaban J connectivity index is 1.79. The van der Waals surface area contributed by atoms with Crippen molar-refractivity contribution in [2.45, 2.75) is 18.9 Å². The van der Waals surface area contributed by atoms with Crippen LogP contribution in [-0.2, 0) is 0 Å². The number of benzene rings is 1. The summed E-state index contributed by atoms with van der Waals surface area (Å²) in [7, 11) is 1.61. The lowest BCUT2D eigenvalue weighted by atomic mass is 10.0. The normalized spacial score (nSPS) is 14.7. The molecule has 1 fully saturated rings. The maximum absolute atomic E-state index is 12.5. The molecule has 2 N–H and O–H groups in total. The van der Waals surface area contributed by atoms with Gasteiger partial charge in [0.15, 0.2) is 0 Å². The van der Waals surface area contributed by atoms with Gasteiger partial charge in [-0.1, -0.05) is 18.2 Å². The summed E-state index contributed by atoms with van der Waals surface area (Å²) in [5.41, 5.74) is 0.963. The van der Waals surface area contributed by atoms with Crippen molar-refractivity contribution in [1.29, 1.82) is 0 Å². The van der Waals surface area contributed by atoms with Gasteiger partial charge in [-0.15, -0.1) is 0 Å². The zero-order valence-electron chi connectivity index (χ0n) is 13.2. The highest BCUT2D eigenvalue weighted by Gasteiger charge is 2.33. The van der Waals surface area contributed by atoms with Gasteiger partial charge in [-0.2, -0.15) is 0 Å². The molecule has 0 radical (unpaired) electrons. The number of carboxylic acid groups (broad SMARTS) is 1. The standard InChI is InChI=1S/C18H18N2O4/c1-24-13-9-7-12(8-10-13)16(11-5-6-11)20-17(21)14-3-2-4-15(19-14)18(22)23/h2-4,7-11,16H,5-6H2,1H3,(H,20,21)(H,22,23). The van der Waals surface area contributed by atoms with E-state index in [0.29, 0.717) is 5.92 Å². The molecular weight excluding hydrogens is 308 g/mol. The summed E-state index contributed by atoms with van der Waals surface area (Å²) in [4.78, 5) is 27.4. The minimum absolute atomic E-state index is 0.106. The Hall–Kier alpha value is -2.89. The van der Waals surface area contributed by atoms with Gasteiger partial charge in [0.2, 0.25) is 0 Å². The minimum atomic E-state index is -1.15. The highest BCUT2D eigenvalue weighted by Crippen LogP contribution is 2.41. The number of pyridine rings is 1. The van der Waals surface area contributed by atoms with Crippen LogP contribution >= 0.6 is 0 Å². The Kier molecular flexibility index (Phi) is 4.46.